The summed E-state index contributed by atoms with van der Waals surface area (Å²) in [5.74, 6) is 0.0579. The van der Waals surface area contributed by atoms with Gasteiger partial charge in [-0.05, 0) is 37.1 Å². The first-order valence-electron chi connectivity index (χ1n) is 5.02. The number of thiophene rings is 1. The molecule has 1 fully saturated rings. The Bertz CT molecular complexity index is 366. The quantitative estimate of drug-likeness (QED) is 0.761. The summed E-state index contributed by atoms with van der Waals surface area (Å²) in [5.41, 5.74) is -0.603. The van der Waals surface area contributed by atoms with E-state index in [0.29, 0.717) is 9.90 Å². The number of carbonyl (C=O) groups excluding carboxylic acids is 1. The van der Waals surface area contributed by atoms with Crippen LogP contribution >= 0.6 is 22.9 Å². The van der Waals surface area contributed by atoms with Crippen molar-refractivity contribution >= 4 is 28.7 Å². The molecule has 4 heteroatoms. The second-order valence-corrected chi connectivity index (χ2v) is 5.16. The Morgan fingerprint density at radius 1 is 1.53 bits per heavy atom. The van der Waals surface area contributed by atoms with Crippen molar-refractivity contribution in [3.8, 4) is 0 Å². The van der Waals surface area contributed by atoms with Crippen LogP contribution in [0.15, 0.2) is 11.4 Å². The summed E-state index contributed by atoms with van der Waals surface area (Å²) in [5, 5.41) is 2.39. The van der Waals surface area contributed by atoms with Gasteiger partial charge in [0.15, 0.2) is 0 Å². The first kappa shape index (κ1) is 11.1. The SMILES string of the molecule is COC1(C(=O)c2sccc2Cl)CCCC1. The van der Waals surface area contributed by atoms with Gasteiger partial charge in [0, 0.05) is 7.11 Å². The Kier molecular flexibility index (Phi) is 3.14. The molecule has 1 aliphatic carbocycles. The Morgan fingerprint density at radius 3 is 2.67 bits per heavy atom. The second-order valence-electron chi connectivity index (χ2n) is 3.83. The zero-order valence-corrected chi connectivity index (χ0v) is 10.2. The first-order chi connectivity index (χ1) is 7.19. The van der Waals surface area contributed by atoms with E-state index in [4.69, 9.17) is 16.3 Å². The van der Waals surface area contributed by atoms with Crippen LogP contribution in [0.3, 0.4) is 0 Å². The van der Waals surface area contributed by atoms with Gasteiger partial charge in [-0.15, -0.1) is 11.3 Å². The number of hydrogen-bond donors (Lipinski definition) is 0. The molecule has 0 bridgehead atoms. The smallest absolute Gasteiger partial charge is 0.206 e. The lowest BCUT2D eigenvalue weighted by atomic mass is 9.95. The van der Waals surface area contributed by atoms with Gasteiger partial charge >= 0.3 is 0 Å². The average molecular weight is 245 g/mol. The van der Waals surface area contributed by atoms with E-state index in [1.165, 1.54) is 11.3 Å². The lowest BCUT2D eigenvalue weighted by molar-refractivity contribution is 0.00640. The molecule has 1 aliphatic rings. The summed E-state index contributed by atoms with van der Waals surface area (Å²) in [6.07, 6.45) is 3.75. The summed E-state index contributed by atoms with van der Waals surface area (Å²) in [6.45, 7) is 0. The molecule has 0 N–H and O–H groups in total. The van der Waals surface area contributed by atoms with Gasteiger partial charge in [-0.2, -0.15) is 0 Å². The number of Topliss-reactive ketones (excluding diaryl/α,β-unsaturated/α-hetero) is 1. The molecule has 0 saturated heterocycles. The summed E-state index contributed by atoms with van der Waals surface area (Å²) in [6, 6.07) is 1.76. The van der Waals surface area contributed by atoms with Crippen LogP contribution < -0.4 is 0 Å². The Labute approximate surface area is 98.2 Å². The molecule has 0 aromatic carbocycles. The van der Waals surface area contributed by atoms with Crippen molar-refractivity contribution in [2.45, 2.75) is 31.3 Å². The first-order valence-corrected chi connectivity index (χ1v) is 6.28. The highest BCUT2D eigenvalue weighted by molar-refractivity contribution is 7.12. The average Bonchev–Trinajstić information content (AvgIpc) is 2.86. The molecule has 0 atom stereocenters. The standard InChI is InChI=1S/C11H13ClO2S/c1-14-11(5-2-3-6-11)10(13)9-8(12)4-7-15-9/h4,7H,2-3,5-6H2,1H3. The molecule has 1 aromatic rings. The van der Waals surface area contributed by atoms with Crippen LogP contribution in [0.1, 0.15) is 35.4 Å². The van der Waals surface area contributed by atoms with Gasteiger partial charge < -0.3 is 4.74 Å². The number of ether oxygens (including phenoxy) is 1. The van der Waals surface area contributed by atoms with Crippen molar-refractivity contribution in [1.82, 2.24) is 0 Å². The van der Waals surface area contributed by atoms with Crippen LogP contribution in [0, 0.1) is 0 Å². The van der Waals surface area contributed by atoms with Crippen molar-refractivity contribution in [2.75, 3.05) is 7.11 Å². The number of ketones is 1. The zero-order valence-electron chi connectivity index (χ0n) is 8.59. The van der Waals surface area contributed by atoms with Gasteiger partial charge in [0.25, 0.3) is 0 Å². The van der Waals surface area contributed by atoms with Gasteiger partial charge in [-0.1, -0.05) is 11.6 Å². The number of carbonyl (C=O) groups is 1. The van der Waals surface area contributed by atoms with E-state index in [0.717, 1.165) is 25.7 Å². The fourth-order valence-corrected chi connectivity index (χ4v) is 3.30. The molecule has 2 rings (SSSR count). The minimum Gasteiger partial charge on any atom is -0.370 e. The largest absolute Gasteiger partial charge is 0.370 e. The number of halogens is 1. The summed E-state index contributed by atoms with van der Waals surface area (Å²) in [4.78, 5) is 12.9. The van der Waals surface area contributed by atoms with E-state index in [1.807, 2.05) is 5.38 Å². The van der Waals surface area contributed by atoms with Crippen molar-refractivity contribution in [2.24, 2.45) is 0 Å². The molecular weight excluding hydrogens is 232 g/mol. The van der Waals surface area contributed by atoms with Crippen LogP contribution in [0.25, 0.3) is 0 Å². The van der Waals surface area contributed by atoms with Crippen molar-refractivity contribution < 1.29 is 9.53 Å². The molecule has 1 heterocycles. The van der Waals surface area contributed by atoms with Gasteiger partial charge in [-0.25, -0.2) is 0 Å². The second kappa shape index (κ2) is 4.24. The highest BCUT2D eigenvalue weighted by atomic mass is 35.5. The highest BCUT2D eigenvalue weighted by Crippen LogP contribution is 2.38. The van der Waals surface area contributed by atoms with Gasteiger partial charge in [-0.3, -0.25) is 4.79 Å². The monoisotopic (exact) mass is 244 g/mol. The van der Waals surface area contributed by atoms with Crippen LogP contribution in [0.2, 0.25) is 5.02 Å². The van der Waals surface area contributed by atoms with Gasteiger partial charge in [0.1, 0.15) is 5.60 Å². The Balaban J connectivity index is 2.30. The molecule has 0 aliphatic heterocycles. The van der Waals surface area contributed by atoms with Crippen LogP contribution in [0.4, 0.5) is 0 Å². The van der Waals surface area contributed by atoms with Crippen molar-refractivity contribution in [3.05, 3.63) is 21.3 Å². The zero-order chi connectivity index (χ0) is 10.9. The van der Waals surface area contributed by atoms with Crippen molar-refractivity contribution in [1.29, 1.82) is 0 Å². The van der Waals surface area contributed by atoms with E-state index in [-0.39, 0.29) is 5.78 Å². The molecule has 15 heavy (non-hydrogen) atoms. The molecule has 1 saturated carbocycles. The molecule has 0 unspecified atom stereocenters. The predicted octanol–water partition coefficient (Wildman–Crippen LogP) is 3.54. The Hall–Kier alpha value is -0.380. The molecule has 0 amide bonds. The minimum absolute atomic E-state index is 0.0579. The van der Waals surface area contributed by atoms with E-state index < -0.39 is 5.60 Å². The number of hydrogen-bond acceptors (Lipinski definition) is 3. The number of rotatable bonds is 3. The Morgan fingerprint density at radius 2 is 2.20 bits per heavy atom. The normalized spacial score (nSPS) is 19.3. The van der Waals surface area contributed by atoms with Gasteiger partial charge in [0.05, 0.1) is 9.90 Å². The van der Waals surface area contributed by atoms with E-state index in [9.17, 15) is 4.79 Å². The van der Waals surface area contributed by atoms with Crippen molar-refractivity contribution in [3.63, 3.8) is 0 Å². The lowest BCUT2D eigenvalue weighted by Gasteiger charge is -2.25. The van der Waals surface area contributed by atoms with E-state index in [2.05, 4.69) is 0 Å². The topological polar surface area (TPSA) is 26.3 Å². The maximum absolute atomic E-state index is 12.3. The fraction of sp³-hybridized carbons (Fsp3) is 0.545. The third kappa shape index (κ3) is 1.84. The molecular formula is C11H13ClO2S. The van der Waals surface area contributed by atoms with Crippen LogP contribution in [0.5, 0.6) is 0 Å². The molecule has 0 spiro atoms. The van der Waals surface area contributed by atoms with Gasteiger partial charge in [0.2, 0.25) is 5.78 Å². The van der Waals surface area contributed by atoms with E-state index >= 15 is 0 Å². The maximum atomic E-state index is 12.3. The highest BCUT2D eigenvalue weighted by Gasteiger charge is 2.42. The molecule has 1 aromatic heterocycles. The summed E-state index contributed by atoms with van der Waals surface area (Å²) in [7, 11) is 1.62. The number of methoxy groups -OCH3 is 1. The molecule has 82 valence electrons. The molecule has 2 nitrogen and oxygen atoms in total. The maximum Gasteiger partial charge on any atom is 0.206 e. The third-order valence-electron chi connectivity index (χ3n) is 3.04. The van der Waals surface area contributed by atoms with Crippen LogP contribution in [-0.2, 0) is 4.74 Å². The third-order valence-corrected chi connectivity index (χ3v) is 4.38. The minimum atomic E-state index is -0.603. The fourth-order valence-electron chi connectivity index (χ4n) is 2.13. The lowest BCUT2D eigenvalue weighted by Crippen LogP contribution is -2.37. The molecule has 0 radical (unpaired) electrons. The van der Waals surface area contributed by atoms with Crippen LogP contribution in [-0.4, -0.2) is 18.5 Å². The summed E-state index contributed by atoms with van der Waals surface area (Å²) >= 11 is 7.36. The van der Waals surface area contributed by atoms with E-state index in [1.54, 1.807) is 13.2 Å². The predicted molar refractivity (Wildman–Crippen MR) is 61.9 cm³/mol. The summed E-state index contributed by atoms with van der Waals surface area (Å²) < 4.78 is 5.44.